The quantitative estimate of drug-likeness (QED) is 0.693. The minimum absolute atomic E-state index is 0.0339. The van der Waals surface area contributed by atoms with E-state index in [2.05, 4.69) is 10.2 Å². The lowest BCUT2D eigenvalue weighted by Crippen LogP contribution is -2.38. The van der Waals surface area contributed by atoms with E-state index in [0.717, 1.165) is 39.3 Å². The van der Waals surface area contributed by atoms with Gasteiger partial charge >= 0.3 is 5.97 Å². The van der Waals surface area contributed by atoms with Gasteiger partial charge in [0.25, 0.3) is 0 Å². The van der Waals surface area contributed by atoms with Crippen molar-refractivity contribution in [2.24, 2.45) is 0 Å². The van der Waals surface area contributed by atoms with Crippen molar-refractivity contribution in [3.63, 3.8) is 0 Å². The van der Waals surface area contributed by atoms with E-state index in [9.17, 15) is 9.59 Å². The van der Waals surface area contributed by atoms with Crippen molar-refractivity contribution in [2.45, 2.75) is 13.0 Å². The minimum atomic E-state index is -1.03. The highest BCUT2D eigenvalue weighted by Crippen LogP contribution is 2.02. The maximum Gasteiger partial charge on any atom is 0.352 e. The summed E-state index contributed by atoms with van der Waals surface area (Å²) in [5.41, 5.74) is 0.124. The van der Waals surface area contributed by atoms with Crippen LogP contribution in [-0.2, 0) is 16.1 Å². The van der Waals surface area contributed by atoms with Crippen molar-refractivity contribution in [1.29, 1.82) is 0 Å². The van der Waals surface area contributed by atoms with Gasteiger partial charge < -0.3 is 19.7 Å². The summed E-state index contributed by atoms with van der Waals surface area (Å²) < 4.78 is 6.70. The molecule has 1 amide bonds. The van der Waals surface area contributed by atoms with E-state index in [-0.39, 0.29) is 18.1 Å². The summed E-state index contributed by atoms with van der Waals surface area (Å²) >= 11 is 0. The van der Waals surface area contributed by atoms with E-state index >= 15 is 0 Å². The molecule has 2 N–H and O–H groups in total. The average molecular weight is 295 g/mol. The Balaban J connectivity index is 1.65. The van der Waals surface area contributed by atoms with E-state index in [1.165, 1.54) is 10.6 Å². The van der Waals surface area contributed by atoms with Crippen molar-refractivity contribution in [2.75, 3.05) is 39.4 Å². The number of aromatic carboxylic acids is 1. The molecule has 0 aliphatic carbocycles. The molecule has 0 radical (unpaired) electrons. The fourth-order valence-electron chi connectivity index (χ4n) is 2.31. The summed E-state index contributed by atoms with van der Waals surface area (Å²) in [6, 6.07) is 3.10. The molecule has 1 aliphatic rings. The van der Waals surface area contributed by atoms with E-state index in [4.69, 9.17) is 9.84 Å². The summed E-state index contributed by atoms with van der Waals surface area (Å²) in [6.07, 6.45) is 2.47. The predicted molar refractivity (Wildman–Crippen MR) is 76.3 cm³/mol. The third-order valence-corrected chi connectivity index (χ3v) is 3.44. The fourth-order valence-corrected chi connectivity index (χ4v) is 2.31. The molecule has 0 saturated carbocycles. The highest BCUT2D eigenvalue weighted by Gasteiger charge is 2.12. The predicted octanol–water partition coefficient (Wildman–Crippen LogP) is 0.0248. The highest BCUT2D eigenvalue weighted by molar-refractivity contribution is 5.86. The van der Waals surface area contributed by atoms with E-state index in [1.54, 1.807) is 12.3 Å². The Bertz CT molecular complexity index is 480. The summed E-state index contributed by atoms with van der Waals surface area (Å²) in [5.74, 6) is -1.20. The first kappa shape index (κ1) is 15.5. The van der Waals surface area contributed by atoms with Crippen LogP contribution < -0.4 is 5.32 Å². The monoisotopic (exact) mass is 295 g/mol. The lowest BCUT2D eigenvalue weighted by molar-refractivity contribution is -0.121. The standard InChI is InChI=1S/C14H21N3O4/c18-13(11-17-6-1-3-12(17)14(19)20)15-4-2-5-16-7-9-21-10-8-16/h1,3,6H,2,4-5,7-11H2,(H,15,18)(H,19,20). The third-order valence-electron chi connectivity index (χ3n) is 3.44. The van der Waals surface area contributed by atoms with Gasteiger partial charge in [-0.25, -0.2) is 4.79 Å². The maximum atomic E-state index is 11.8. The molecule has 1 fully saturated rings. The molecular formula is C14H21N3O4. The zero-order chi connectivity index (χ0) is 15.1. The molecule has 2 heterocycles. The summed E-state index contributed by atoms with van der Waals surface area (Å²) in [4.78, 5) is 25.0. The maximum absolute atomic E-state index is 11.8. The van der Waals surface area contributed by atoms with Gasteiger partial charge in [0, 0.05) is 25.8 Å². The van der Waals surface area contributed by atoms with Crippen molar-refractivity contribution >= 4 is 11.9 Å². The second kappa shape index (κ2) is 7.80. The molecule has 2 rings (SSSR count). The average Bonchev–Trinajstić information content (AvgIpc) is 2.93. The Labute approximate surface area is 123 Å². The topological polar surface area (TPSA) is 83.8 Å². The van der Waals surface area contributed by atoms with E-state index < -0.39 is 5.97 Å². The van der Waals surface area contributed by atoms with Gasteiger partial charge in [-0.2, -0.15) is 0 Å². The second-order valence-electron chi connectivity index (χ2n) is 4.98. The Morgan fingerprint density at radius 3 is 2.81 bits per heavy atom. The first-order valence-corrected chi connectivity index (χ1v) is 7.12. The molecule has 0 spiro atoms. The summed E-state index contributed by atoms with van der Waals surface area (Å²) in [6.45, 7) is 5.01. The van der Waals surface area contributed by atoms with Crippen LogP contribution in [0.1, 0.15) is 16.9 Å². The largest absolute Gasteiger partial charge is 0.477 e. The molecule has 0 atom stereocenters. The van der Waals surface area contributed by atoms with Crippen LogP contribution in [0, 0.1) is 0 Å². The van der Waals surface area contributed by atoms with Crippen LogP contribution in [0.2, 0.25) is 0 Å². The highest BCUT2D eigenvalue weighted by atomic mass is 16.5. The Morgan fingerprint density at radius 1 is 1.33 bits per heavy atom. The number of rotatable bonds is 7. The number of amides is 1. The van der Waals surface area contributed by atoms with Crippen LogP contribution in [0.5, 0.6) is 0 Å². The van der Waals surface area contributed by atoms with Crippen LogP contribution in [-0.4, -0.2) is 65.8 Å². The molecule has 0 bridgehead atoms. The van der Waals surface area contributed by atoms with Gasteiger partial charge in [0.2, 0.25) is 5.91 Å². The SMILES string of the molecule is O=C(Cn1cccc1C(=O)O)NCCCN1CCOCC1. The number of nitrogens with one attached hydrogen (secondary N) is 1. The molecule has 7 nitrogen and oxygen atoms in total. The molecule has 0 aromatic carbocycles. The lowest BCUT2D eigenvalue weighted by atomic mass is 10.3. The first-order valence-electron chi connectivity index (χ1n) is 7.12. The van der Waals surface area contributed by atoms with Gasteiger partial charge in [-0.05, 0) is 25.1 Å². The van der Waals surface area contributed by atoms with Crippen molar-refractivity contribution in [3.8, 4) is 0 Å². The number of morpholine rings is 1. The fraction of sp³-hybridized carbons (Fsp3) is 0.571. The van der Waals surface area contributed by atoms with Crippen molar-refractivity contribution in [3.05, 3.63) is 24.0 Å². The van der Waals surface area contributed by atoms with Crippen LogP contribution in [0.4, 0.5) is 0 Å². The number of hydrogen-bond donors (Lipinski definition) is 2. The lowest BCUT2D eigenvalue weighted by Gasteiger charge is -2.26. The zero-order valence-electron chi connectivity index (χ0n) is 12.0. The van der Waals surface area contributed by atoms with Crippen LogP contribution in [0.15, 0.2) is 18.3 Å². The van der Waals surface area contributed by atoms with Crippen molar-refractivity contribution in [1.82, 2.24) is 14.8 Å². The minimum Gasteiger partial charge on any atom is -0.477 e. The molecule has 21 heavy (non-hydrogen) atoms. The zero-order valence-corrected chi connectivity index (χ0v) is 12.0. The third kappa shape index (κ3) is 4.87. The van der Waals surface area contributed by atoms with E-state index in [1.807, 2.05) is 0 Å². The van der Waals surface area contributed by atoms with Gasteiger partial charge in [-0.1, -0.05) is 0 Å². The second-order valence-corrected chi connectivity index (χ2v) is 4.98. The molecule has 116 valence electrons. The number of carbonyl (C=O) groups excluding carboxylic acids is 1. The first-order chi connectivity index (χ1) is 10.2. The van der Waals surface area contributed by atoms with Gasteiger partial charge in [-0.3, -0.25) is 9.69 Å². The van der Waals surface area contributed by atoms with Gasteiger partial charge in [0.1, 0.15) is 12.2 Å². The number of ether oxygens (including phenoxy) is 1. The van der Waals surface area contributed by atoms with E-state index in [0.29, 0.717) is 6.54 Å². The molecule has 1 aliphatic heterocycles. The Morgan fingerprint density at radius 2 is 2.10 bits per heavy atom. The normalized spacial score (nSPS) is 15.8. The number of carbonyl (C=O) groups is 2. The summed E-state index contributed by atoms with van der Waals surface area (Å²) in [7, 11) is 0. The molecule has 1 aromatic rings. The number of hydrogen-bond acceptors (Lipinski definition) is 4. The molecule has 1 saturated heterocycles. The number of aromatic nitrogens is 1. The van der Waals surface area contributed by atoms with Gasteiger partial charge in [0.05, 0.1) is 13.2 Å². The Hall–Kier alpha value is -1.86. The number of carboxylic acid groups (broad SMARTS) is 1. The number of nitrogens with zero attached hydrogens (tertiary/aromatic N) is 2. The van der Waals surface area contributed by atoms with Gasteiger partial charge in [0.15, 0.2) is 0 Å². The van der Waals surface area contributed by atoms with Crippen molar-refractivity contribution < 1.29 is 19.4 Å². The Kier molecular flexibility index (Phi) is 5.77. The van der Waals surface area contributed by atoms with Crippen LogP contribution in [0.25, 0.3) is 0 Å². The van der Waals surface area contributed by atoms with Crippen LogP contribution >= 0.6 is 0 Å². The molecular weight excluding hydrogens is 274 g/mol. The smallest absolute Gasteiger partial charge is 0.352 e. The summed E-state index contributed by atoms with van der Waals surface area (Å²) in [5, 5.41) is 11.8. The van der Waals surface area contributed by atoms with Crippen LogP contribution in [0.3, 0.4) is 0 Å². The molecule has 7 heteroatoms. The molecule has 0 unspecified atom stereocenters. The number of carboxylic acids is 1. The molecule has 1 aromatic heterocycles. The van der Waals surface area contributed by atoms with Gasteiger partial charge in [-0.15, -0.1) is 0 Å².